The van der Waals surface area contributed by atoms with Crippen LogP contribution in [0.4, 0.5) is 0 Å². The van der Waals surface area contributed by atoms with Crippen molar-refractivity contribution in [3.05, 3.63) is 83.6 Å². The fourth-order valence-electron chi connectivity index (χ4n) is 4.26. The molecule has 1 aromatic heterocycles. The van der Waals surface area contributed by atoms with Gasteiger partial charge >= 0.3 is 0 Å². The first-order chi connectivity index (χ1) is 15.6. The summed E-state index contributed by atoms with van der Waals surface area (Å²) >= 11 is 0. The third kappa shape index (κ3) is 4.62. The zero-order valence-corrected chi connectivity index (χ0v) is 19.3. The van der Waals surface area contributed by atoms with Crippen molar-refractivity contribution in [2.75, 3.05) is 33.4 Å². The average molecular weight is 429 g/mol. The molecule has 1 heterocycles. The molecule has 0 bridgehead atoms. The topological polar surface area (TPSA) is 34.5 Å². The summed E-state index contributed by atoms with van der Waals surface area (Å²) in [7, 11) is 2.12. The van der Waals surface area contributed by atoms with Crippen LogP contribution in [0.2, 0.25) is 0 Å². The zero-order valence-electron chi connectivity index (χ0n) is 19.3. The Morgan fingerprint density at radius 3 is 2.38 bits per heavy atom. The third-order valence-corrected chi connectivity index (χ3v) is 6.11. The number of ether oxygens (including phenoxy) is 1. The molecule has 0 atom stereocenters. The molecule has 0 saturated carbocycles. The molecule has 0 fully saturated rings. The van der Waals surface area contributed by atoms with Crippen molar-refractivity contribution in [2.24, 2.45) is 0 Å². The molecule has 0 spiro atoms. The Bertz CT molecular complexity index is 1220. The van der Waals surface area contributed by atoms with Gasteiger partial charge in [0.05, 0.1) is 6.61 Å². The van der Waals surface area contributed by atoms with Gasteiger partial charge in [0.1, 0.15) is 0 Å². The Morgan fingerprint density at radius 1 is 0.875 bits per heavy atom. The van der Waals surface area contributed by atoms with E-state index in [-0.39, 0.29) is 5.78 Å². The minimum absolute atomic E-state index is 0.0810. The van der Waals surface area contributed by atoms with E-state index in [1.54, 1.807) is 0 Å². The maximum Gasteiger partial charge on any atom is 0.195 e. The fraction of sp³-hybridized carbons (Fsp3) is 0.321. The lowest BCUT2D eigenvalue weighted by Gasteiger charge is -2.17. The summed E-state index contributed by atoms with van der Waals surface area (Å²) in [5, 5.41) is 3.16. The fourth-order valence-corrected chi connectivity index (χ4v) is 4.26. The van der Waals surface area contributed by atoms with Gasteiger partial charge in [-0.1, -0.05) is 61.5 Å². The van der Waals surface area contributed by atoms with Gasteiger partial charge in [-0.2, -0.15) is 0 Å². The molecule has 0 amide bonds. The molecule has 3 aromatic carbocycles. The number of carbonyl (C=O) groups is 1. The van der Waals surface area contributed by atoms with Gasteiger partial charge in [0.25, 0.3) is 0 Å². The molecule has 4 aromatic rings. The Hall–Kier alpha value is -2.95. The van der Waals surface area contributed by atoms with Crippen LogP contribution in [0.3, 0.4) is 0 Å². The third-order valence-electron chi connectivity index (χ3n) is 6.11. The van der Waals surface area contributed by atoms with Gasteiger partial charge < -0.3 is 14.2 Å². The summed E-state index contributed by atoms with van der Waals surface area (Å²) < 4.78 is 7.82. The molecule has 0 N–H and O–H groups in total. The summed E-state index contributed by atoms with van der Waals surface area (Å²) in [6.07, 6.45) is 3.08. The number of fused-ring (bicyclic) bond motifs is 2. The Morgan fingerprint density at radius 2 is 1.59 bits per heavy atom. The first-order valence-electron chi connectivity index (χ1n) is 11.5. The second-order valence-corrected chi connectivity index (χ2v) is 8.47. The molecule has 0 aliphatic heterocycles. The summed E-state index contributed by atoms with van der Waals surface area (Å²) in [5.74, 6) is 0.0810. The number of aryl methyl sites for hydroxylation is 1. The van der Waals surface area contributed by atoms with Crippen LogP contribution >= 0.6 is 0 Å². The number of carbonyl (C=O) groups excluding carboxylic acids is 1. The van der Waals surface area contributed by atoms with Crippen molar-refractivity contribution in [1.82, 2.24) is 9.47 Å². The number of hydrogen-bond donors (Lipinski definition) is 0. The maximum atomic E-state index is 13.7. The van der Waals surface area contributed by atoms with E-state index in [0.717, 1.165) is 72.1 Å². The highest BCUT2D eigenvalue weighted by Gasteiger charge is 2.19. The van der Waals surface area contributed by atoms with E-state index in [0.29, 0.717) is 0 Å². The van der Waals surface area contributed by atoms with E-state index >= 15 is 0 Å². The number of likely N-dealkylation sites (N-methyl/N-ethyl adjacent to an activating group) is 1. The minimum atomic E-state index is 0.0810. The molecule has 0 radical (unpaired) electrons. The van der Waals surface area contributed by atoms with Crippen LogP contribution in [0.5, 0.6) is 0 Å². The molecular weight excluding hydrogens is 396 g/mol. The lowest BCUT2D eigenvalue weighted by Crippen LogP contribution is -2.27. The Kier molecular flexibility index (Phi) is 7.03. The largest absolute Gasteiger partial charge is 0.380 e. The first kappa shape index (κ1) is 22.3. The van der Waals surface area contributed by atoms with Gasteiger partial charge in [-0.25, -0.2) is 0 Å². The van der Waals surface area contributed by atoms with Crippen molar-refractivity contribution in [3.63, 3.8) is 0 Å². The summed E-state index contributed by atoms with van der Waals surface area (Å²) in [5.41, 5.74) is 3.82. The number of aromatic nitrogens is 1. The van der Waals surface area contributed by atoms with Crippen LogP contribution in [0, 0.1) is 6.92 Å². The SMILES string of the molecule is CCCOCCN(C)CCn1cc(C(=O)c2ccc(C)c3ccccc23)c2ccccc21. The van der Waals surface area contributed by atoms with E-state index < -0.39 is 0 Å². The lowest BCUT2D eigenvalue weighted by molar-refractivity contribution is 0.104. The molecule has 4 nitrogen and oxygen atoms in total. The van der Waals surface area contributed by atoms with Crippen molar-refractivity contribution in [3.8, 4) is 0 Å². The summed E-state index contributed by atoms with van der Waals surface area (Å²) in [4.78, 5) is 16.0. The van der Waals surface area contributed by atoms with Crippen LogP contribution in [0.25, 0.3) is 21.7 Å². The van der Waals surface area contributed by atoms with Gasteiger partial charge in [-0.05, 0) is 42.8 Å². The van der Waals surface area contributed by atoms with Crippen molar-refractivity contribution >= 4 is 27.5 Å². The predicted octanol–water partition coefficient (Wildman–Crippen LogP) is 5.69. The number of rotatable bonds is 10. The lowest BCUT2D eigenvalue weighted by atomic mass is 9.95. The number of nitrogens with zero attached hydrogens (tertiary/aromatic N) is 2. The second-order valence-electron chi connectivity index (χ2n) is 8.47. The van der Waals surface area contributed by atoms with Crippen LogP contribution in [-0.2, 0) is 11.3 Å². The summed E-state index contributed by atoms with van der Waals surface area (Å²) in [6, 6.07) is 20.4. The normalized spacial score (nSPS) is 11.6. The van der Waals surface area contributed by atoms with E-state index in [9.17, 15) is 4.79 Å². The molecule has 32 heavy (non-hydrogen) atoms. The van der Waals surface area contributed by atoms with Gasteiger partial charge in [-0.3, -0.25) is 4.79 Å². The van der Waals surface area contributed by atoms with E-state index in [1.165, 1.54) is 5.56 Å². The van der Waals surface area contributed by atoms with E-state index in [2.05, 4.69) is 48.6 Å². The number of para-hydroxylation sites is 1. The van der Waals surface area contributed by atoms with Gasteiger partial charge in [-0.15, -0.1) is 0 Å². The zero-order chi connectivity index (χ0) is 22.5. The summed E-state index contributed by atoms with van der Waals surface area (Å²) in [6.45, 7) is 8.41. The van der Waals surface area contributed by atoms with Gasteiger partial charge in [0.15, 0.2) is 5.78 Å². The Balaban J connectivity index is 1.61. The quantitative estimate of drug-likeness (QED) is 0.240. The molecule has 0 unspecified atom stereocenters. The van der Waals surface area contributed by atoms with Crippen molar-refractivity contribution in [2.45, 2.75) is 26.8 Å². The van der Waals surface area contributed by atoms with E-state index in [1.807, 2.05) is 48.7 Å². The Labute approximate surface area is 190 Å². The van der Waals surface area contributed by atoms with Crippen molar-refractivity contribution < 1.29 is 9.53 Å². The monoisotopic (exact) mass is 428 g/mol. The number of ketones is 1. The highest BCUT2D eigenvalue weighted by atomic mass is 16.5. The number of hydrogen-bond acceptors (Lipinski definition) is 3. The van der Waals surface area contributed by atoms with Crippen molar-refractivity contribution in [1.29, 1.82) is 0 Å². The predicted molar refractivity (Wildman–Crippen MR) is 133 cm³/mol. The molecule has 0 aliphatic rings. The highest BCUT2D eigenvalue weighted by Crippen LogP contribution is 2.28. The molecule has 0 aliphatic carbocycles. The molecule has 0 saturated heterocycles. The molecule has 4 rings (SSSR count). The second kappa shape index (κ2) is 10.1. The maximum absolute atomic E-state index is 13.7. The number of benzene rings is 3. The smallest absolute Gasteiger partial charge is 0.195 e. The van der Waals surface area contributed by atoms with Gasteiger partial charge in [0, 0.05) is 54.5 Å². The molecule has 166 valence electrons. The van der Waals surface area contributed by atoms with E-state index in [4.69, 9.17) is 4.74 Å². The van der Waals surface area contributed by atoms with Crippen LogP contribution in [0.15, 0.2) is 66.9 Å². The standard InChI is InChI=1S/C28H32N2O2/c1-4-18-32-19-17-29(3)15-16-30-20-26(24-11-7-8-12-27(24)30)28(31)25-14-13-21(2)22-9-5-6-10-23(22)25/h5-14,20H,4,15-19H2,1-3H3. The van der Waals surface area contributed by atoms with Crippen LogP contribution in [0.1, 0.15) is 34.8 Å². The molecular formula is C28H32N2O2. The first-order valence-corrected chi connectivity index (χ1v) is 11.5. The molecule has 4 heteroatoms. The van der Waals surface area contributed by atoms with Crippen LogP contribution < -0.4 is 0 Å². The highest BCUT2D eigenvalue weighted by molar-refractivity contribution is 6.21. The average Bonchev–Trinajstić information content (AvgIpc) is 3.19. The van der Waals surface area contributed by atoms with Gasteiger partial charge in [0.2, 0.25) is 0 Å². The van der Waals surface area contributed by atoms with Crippen LogP contribution in [-0.4, -0.2) is 48.6 Å². The minimum Gasteiger partial charge on any atom is -0.380 e.